The molecule has 2 fully saturated rings. The van der Waals surface area contributed by atoms with E-state index in [1.165, 1.54) is 6.33 Å². The number of rotatable bonds is 6. The molecule has 0 unspecified atom stereocenters. The number of nitrogens with two attached hydrogens (primary N) is 1. The molecule has 2 aromatic heterocycles. The van der Waals surface area contributed by atoms with Crippen LogP contribution in [-0.2, 0) is 23.7 Å². The number of anilines is 1. The number of hydrogen-bond acceptors (Lipinski definition) is 9. The summed E-state index contributed by atoms with van der Waals surface area (Å²) < 4.78 is 25.1. The largest absolute Gasteiger partial charge is 0.463 e. The Morgan fingerprint density at radius 1 is 1.43 bits per heavy atom. The van der Waals surface area contributed by atoms with E-state index in [9.17, 15) is 9.59 Å². The van der Waals surface area contributed by atoms with Gasteiger partial charge in [0.05, 0.1) is 6.33 Å². The van der Waals surface area contributed by atoms with Crippen molar-refractivity contribution in [1.82, 2.24) is 19.5 Å². The first kappa shape index (κ1) is 20.3. The van der Waals surface area contributed by atoms with E-state index >= 15 is 0 Å². The van der Waals surface area contributed by atoms with Gasteiger partial charge in [0.25, 0.3) is 5.56 Å². The minimum Gasteiger partial charge on any atom is -0.463 e. The Balaban J connectivity index is 1.56. The van der Waals surface area contributed by atoms with Crippen molar-refractivity contribution in [3.05, 3.63) is 16.7 Å². The number of ether oxygens (including phenoxy) is 4. The number of esters is 1. The smallest absolute Gasteiger partial charge is 0.305 e. The summed E-state index contributed by atoms with van der Waals surface area (Å²) >= 11 is 0. The Bertz CT molecular complexity index is 1050. The molecule has 11 nitrogen and oxygen atoms in total. The Hall–Kier alpha value is -2.94. The summed E-state index contributed by atoms with van der Waals surface area (Å²) in [6.45, 7) is 3.57. The van der Waals surface area contributed by atoms with Crippen molar-refractivity contribution in [1.29, 1.82) is 0 Å². The van der Waals surface area contributed by atoms with Crippen molar-refractivity contribution in [2.24, 2.45) is 0 Å². The van der Waals surface area contributed by atoms with E-state index in [4.69, 9.17) is 31.1 Å². The third-order valence-electron chi connectivity index (χ3n) is 4.96. The molecule has 4 heterocycles. The van der Waals surface area contributed by atoms with E-state index in [1.54, 1.807) is 18.4 Å². The van der Waals surface area contributed by atoms with Gasteiger partial charge >= 0.3 is 5.97 Å². The fraction of sp³-hybridized carbons (Fsp3) is 0.579. The van der Waals surface area contributed by atoms with Crippen molar-refractivity contribution in [2.45, 2.75) is 63.4 Å². The van der Waals surface area contributed by atoms with E-state index in [0.717, 1.165) is 0 Å². The van der Waals surface area contributed by atoms with Gasteiger partial charge in [0.1, 0.15) is 24.9 Å². The van der Waals surface area contributed by atoms with Crippen LogP contribution in [0.3, 0.4) is 0 Å². The lowest BCUT2D eigenvalue weighted by molar-refractivity contribution is -0.202. The van der Waals surface area contributed by atoms with Crippen molar-refractivity contribution < 1.29 is 23.7 Å². The highest BCUT2D eigenvalue weighted by molar-refractivity contribution is 5.70. The van der Waals surface area contributed by atoms with Crippen molar-refractivity contribution in [3.63, 3.8) is 0 Å². The molecule has 3 N–H and O–H groups in total. The maximum absolute atomic E-state index is 12.1. The number of aromatic amines is 1. The van der Waals surface area contributed by atoms with E-state index in [0.29, 0.717) is 12.8 Å². The SMILES string of the molecule is C#CCCCC(=O)OC[C@H]1O[C@@H](n2cnc3c(=O)[nH]c(N)nc32)[C@@H]2OC(C)(C)O[C@@H]21. The zero-order valence-electron chi connectivity index (χ0n) is 16.7. The lowest BCUT2D eigenvalue weighted by Crippen LogP contribution is -2.33. The topological polar surface area (TPSA) is 144 Å². The predicted molar refractivity (Wildman–Crippen MR) is 104 cm³/mol. The van der Waals surface area contributed by atoms with Crippen LogP contribution >= 0.6 is 0 Å². The molecule has 11 heteroatoms. The minimum absolute atomic E-state index is 0.00518. The molecule has 0 bridgehead atoms. The van der Waals surface area contributed by atoms with Crippen molar-refractivity contribution in [2.75, 3.05) is 12.3 Å². The molecule has 4 rings (SSSR count). The molecule has 2 saturated heterocycles. The maximum Gasteiger partial charge on any atom is 0.305 e. The number of nitrogens with zero attached hydrogens (tertiary/aromatic N) is 3. The molecule has 2 aliphatic heterocycles. The Morgan fingerprint density at radius 2 is 2.20 bits per heavy atom. The van der Waals surface area contributed by atoms with Gasteiger partial charge in [-0.2, -0.15) is 4.98 Å². The van der Waals surface area contributed by atoms with E-state index in [2.05, 4.69) is 20.9 Å². The summed E-state index contributed by atoms with van der Waals surface area (Å²) in [5, 5.41) is 0. The summed E-state index contributed by atoms with van der Waals surface area (Å²) in [4.78, 5) is 34.8. The molecule has 0 saturated carbocycles. The Kier molecular flexibility index (Phi) is 5.23. The van der Waals surface area contributed by atoms with Gasteiger partial charge in [-0.3, -0.25) is 19.1 Å². The molecule has 0 amide bonds. The summed E-state index contributed by atoms with van der Waals surface area (Å²) in [5.41, 5.74) is 5.63. The Labute approximate surface area is 171 Å². The zero-order chi connectivity index (χ0) is 21.5. The van der Waals surface area contributed by atoms with Crippen LogP contribution in [0.25, 0.3) is 11.2 Å². The first-order valence-electron chi connectivity index (χ1n) is 9.61. The van der Waals surface area contributed by atoms with Gasteiger partial charge in [-0.1, -0.05) is 0 Å². The highest BCUT2D eigenvalue weighted by atomic mass is 16.8. The lowest BCUT2D eigenvalue weighted by atomic mass is 10.1. The molecule has 0 aliphatic carbocycles. The van der Waals surface area contributed by atoms with Gasteiger partial charge in [0.15, 0.2) is 23.2 Å². The van der Waals surface area contributed by atoms with Gasteiger partial charge in [-0.05, 0) is 20.3 Å². The highest BCUT2D eigenvalue weighted by Gasteiger charge is 2.56. The molecule has 0 spiro atoms. The minimum atomic E-state index is -0.854. The van der Waals surface area contributed by atoms with Crippen molar-refractivity contribution in [3.8, 4) is 12.3 Å². The first-order chi connectivity index (χ1) is 14.3. The van der Waals surface area contributed by atoms with Crippen LogP contribution in [0.1, 0.15) is 39.3 Å². The van der Waals surface area contributed by atoms with Crippen LogP contribution in [0.2, 0.25) is 0 Å². The second-order valence-electron chi connectivity index (χ2n) is 7.65. The third kappa shape index (κ3) is 3.77. The summed E-state index contributed by atoms with van der Waals surface area (Å²) in [6, 6.07) is 0. The third-order valence-corrected chi connectivity index (χ3v) is 4.96. The molecule has 4 atom stereocenters. The van der Waals surface area contributed by atoms with Gasteiger partial charge in [-0.25, -0.2) is 4.98 Å². The van der Waals surface area contributed by atoms with Gasteiger partial charge < -0.3 is 24.7 Å². The number of unbranched alkanes of at least 4 members (excludes halogenated alkanes) is 1. The zero-order valence-corrected chi connectivity index (χ0v) is 16.7. The first-order valence-corrected chi connectivity index (χ1v) is 9.61. The Morgan fingerprint density at radius 3 is 2.97 bits per heavy atom. The number of fused-ring (bicyclic) bond motifs is 2. The number of hydrogen-bond donors (Lipinski definition) is 2. The second-order valence-corrected chi connectivity index (χ2v) is 7.65. The fourth-order valence-electron chi connectivity index (χ4n) is 3.73. The van der Waals surface area contributed by atoms with Crippen LogP contribution in [-0.4, -0.2) is 56.2 Å². The molecule has 0 radical (unpaired) electrons. The van der Waals surface area contributed by atoms with Gasteiger partial charge in [-0.15, -0.1) is 12.3 Å². The predicted octanol–water partition coefficient (Wildman–Crippen LogP) is 0.466. The van der Waals surface area contributed by atoms with Crippen LogP contribution in [0.15, 0.2) is 11.1 Å². The standard InChI is InChI=1S/C19H23N5O6/c1-4-5-6-7-11(25)27-8-10-13-14(30-19(2,3)29-13)17(28-10)24-9-21-12-15(24)22-18(20)23-16(12)26/h1,9-10,13-14,17H,5-8H2,2-3H3,(H3,20,22,23,26)/t10-,13-,14-,17-/m1/s1. The van der Waals surface area contributed by atoms with E-state index < -0.39 is 35.9 Å². The average molecular weight is 417 g/mol. The summed E-state index contributed by atoms with van der Waals surface area (Å²) in [7, 11) is 0. The highest BCUT2D eigenvalue weighted by Crippen LogP contribution is 2.43. The second kappa shape index (κ2) is 7.71. The number of carbonyl (C=O) groups is 1. The maximum atomic E-state index is 12.1. The number of aromatic nitrogens is 4. The normalized spacial score (nSPS) is 27.1. The number of terminal acetylenes is 1. The van der Waals surface area contributed by atoms with Crippen molar-refractivity contribution >= 4 is 23.1 Å². The van der Waals surface area contributed by atoms with E-state index in [1.807, 2.05) is 0 Å². The number of carbonyl (C=O) groups excluding carboxylic acids is 1. The average Bonchev–Trinajstić information content (AvgIpc) is 3.31. The molecule has 2 aromatic rings. The molecular formula is C19H23N5O6. The number of nitrogens with one attached hydrogen (secondary N) is 1. The van der Waals surface area contributed by atoms with Crippen LogP contribution < -0.4 is 11.3 Å². The quantitative estimate of drug-likeness (QED) is 0.389. The van der Waals surface area contributed by atoms with Crippen LogP contribution in [0.4, 0.5) is 5.95 Å². The molecule has 0 aromatic carbocycles. The molecule has 30 heavy (non-hydrogen) atoms. The summed E-state index contributed by atoms with van der Waals surface area (Å²) in [5.74, 6) is 1.24. The number of imidazole rings is 1. The number of nitrogen functional groups attached to an aromatic ring is 1. The fourth-order valence-corrected chi connectivity index (χ4v) is 3.73. The molecule has 160 valence electrons. The molecule has 2 aliphatic rings. The van der Waals surface area contributed by atoms with Gasteiger partial charge in [0, 0.05) is 12.8 Å². The number of H-pyrrole nitrogens is 1. The van der Waals surface area contributed by atoms with Crippen LogP contribution in [0, 0.1) is 12.3 Å². The van der Waals surface area contributed by atoms with E-state index in [-0.39, 0.29) is 36.1 Å². The van der Waals surface area contributed by atoms with Crippen LogP contribution in [0.5, 0.6) is 0 Å². The lowest BCUT2D eigenvalue weighted by Gasteiger charge is -2.24. The summed E-state index contributed by atoms with van der Waals surface area (Å²) in [6.07, 6.45) is 5.66. The van der Waals surface area contributed by atoms with Gasteiger partial charge in [0.2, 0.25) is 5.95 Å². The molecular weight excluding hydrogens is 394 g/mol. The monoisotopic (exact) mass is 417 g/mol.